The summed E-state index contributed by atoms with van der Waals surface area (Å²) in [6.45, 7) is 4.77. The number of aromatic amines is 1. The van der Waals surface area contributed by atoms with Crippen molar-refractivity contribution in [3.8, 4) is 5.75 Å². The molecular formula is C23H25N3O3. The number of pyridine rings is 1. The van der Waals surface area contributed by atoms with Crippen LogP contribution >= 0.6 is 0 Å². The number of nitrogens with one attached hydrogen (secondary N) is 1. The molecule has 2 aromatic heterocycles. The molecule has 0 amide bonds. The van der Waals surface area contributed by atoms with Crippen molar-refractivity contribution in [1.82, 2.24) is 14.5 Å². The zero-order valence-electron chi connectivity index (χ0n) is 16.8. The molecule has 1 saturated heterocycles. The number of likely N-dealkylation sites (tertiary alicyclic amines) is 1. The molecule has 1 fully saturated rings. The fourth-order valence-corrected chi connectivity index (χ4v) is 5.20. The quantitative estimate of drug-likeness (QED) is 0.695. The number of hydrogen-bond acceptors (Lipinski definition) is 4. The van der Waals surface area contributed by atoms with Gasteiger partial charge in [0.1, 0.15) is 5.75 Å². The summed E-state index contributed by atoms with van der Waals surface area (Å²) in [5.41, 5.74) is 3.80. The lowest BCUT2D eigenvalue weighted by molar-refractivity contribution is 0.0818. The van der Waals surface area contributed by atoms with Crippen LogP contribution in [-0.4, -0.2) is 47.0 Å². The van der Waals surface area contributed by atoms with Crippen molar-refractivity contribution in [3.63, 3.8) is 0 Å². The predicted octanol–water partition coefficient (Wildman–Crippen LogP) is 2.95. The number of H-pyrrole nitrogens is 1. The molecule has 150 valence electrons. The first-order valence-corrected chi connectivity index (χ1v) is 10.1. The Morgan fingerprint density at radius 2 is 2.07 bits per heavy atom. The zero-order chi connectivity index (χ0) is 20.1. The van der Waals surface area contributed by atoms with E-state index in [2.05, 4.69) is 16.0 Å². The number of ketones is 1. The lowest BCUT2D eigenvalue weighted by Gasteiger charge is -2.42. The number of Topliss-reactive ketones (excluding diaryl/α,β-unsaturated/α-hetero) is 1. The van der Waals surface area contributed by atoms with E-state index in [0.29, 0.717) is 18.4 Å². The van der Waals surface area contributed by atoms with Crippen LogP contribution in [0.3, 0.4) is 0 Å². The summed E-state index contributed by atoms with van der Waals surface area (Å²) in [4.78, 5) is 31.1. The summed E-state index contributed by atoms with van der Waals surface area (Å²) in [5, 5.41) is 0.918. The number of piperidine rings is 1. The van der Waals surface area contributed by atoms with Gasteiger partial charge in [-0.2, -0.15) is 0 Å². The average molecular weight is 391 g/mol. The minimum atomic E-state index is 0.0880. The van der Waals surface area contributed by atoms with E-state index < -0.39 is 0 Å². The number of hydrogen-bond donors (Lipinski definition) is 1. The highest BCUT2D eigenvalue weighted by Crippen LogP contribution is 2.35. The van der Waals surface area contributed by atoms with Crippen molar-refractivity contribution in [2.24, 2.45) is 5.92 Å². The van der Waals surface area contributed by atoms with E-state index in [9.17, 15) is 9.59 Å². The van der Waals surface area contributed by atoms with E-state index in [1.165, 1.54) is 0 Å². The molecule has 29 heavy (non-hydrogen) atoms. The molecule has 2 atom stereocenters. The minimum absolute atomic E-state index is 0.0880. The molecule has 4 heterocycles. The molecule has 0 spiro atoms. The second-order valence-corrected chi connectivity index (χ2v) is 8.35. The maximum Gasteiger partial charge on any atom is 0.250 e. The van der Waals surface area contributed by atoms with Crippen molar-refractivity contribution in [3.05, 3.63) is 63.7 Å². The van der Waals surface area contributed by atoms with Crippen LogP contribution in [0.2, 0.25) is 0 Å². The summed E-state index contributed by atoms with van der Waals surface area (Å²) in [6, 6.07) is 11.3. The molecule has 0 aliphatic carbocycles. The van der Waals surface area contributed by atoms with Gasteiger partial charge in [-0.05, 0) is 43.5 Å². The predicted molar refractivity (Wildman–Crippen MR) is 112 cm³/mol. The van der Waals surface area contributed by atoms with E-state index in [-0.39, 0.29) is 11.3 Å². The molecule has 6 heteroatoms. The molecule has 2 aliphatic heterocycles. The Morgan fingerprint density at radius 1 is 1.21 bits per heavy atom. The van der Waals surface area contributed by atoms with Gasteiger partial charge in [-0.15, -0.1) is 0 Å². The third-order valence-corrected chi connectivity index (χ3v) is 6.39. The molecule has 2 bridgehead atoms. The lowest BCUT2D eigenvalue weighted by atomic mass is 9.83. The molecule has 0 saturated carbocycles. The Labute approximate surface area is 169 Å². The van der Waals surface area contributed by atoms with Gasteiger partial charge in [0.15, 0.2) is 5.78 Å². The number of ether oxygens (including phenoxy) is 1. The Balaban J connectivity index is 1.41. The molecule has 1 N–H and O–H groups in total. The molecule has 3 aromatic rings. The highest BCUT2D eigenvalue weighted by Gasteiger charge is 2.35. The van der Waals surface area contributed by atoms with E-state index in [0.717, 1.165) is 59.7 Å². The van der Waals surface area contributed by atoms with Crippen LogP contribution in [0.5, 0.6) is 5.75 Å². The fourth-order valence-electron chi connectivity index (χ4n) is 5.20. The van der Waals surface area contributed by atoms with Crippen molar-refractivity contribution >= 4 is 16.7 Å². The number of rotatable bonds is 4. The summed E-state index contributed by atoms with van der Waals surface area (Å²) in [6.07, 6.45) is 1.09. The average Bonchev–Trinajstić information content (AvgIpc) is 3.03. The van der Waals surface area contributed by atoms with Crippen molar-refractivity contribution in [2.75, 3.05) is 26.7 Å². The highest BCUT2D eigenvalue weighted by molar-refractivity contribution is 6.10. The summed E-state index contributed by atoms with van der Waals surface area (Å²) < 4.78 is 7.27. The summed E-state index contributed by atoms with van der Waals surface area (Å²) in [5.74, 6) is 1.61. The topological polar surface area (TPSA) is 67.3 Å². The van der Waals surface area contributed by atoms with Crippen molar-refractivity contribution < 1.29 is 9.53 Å². The van der Waals surface area contributed by atoms with Crippen molar-refractivity contribution in [2.45, 2.75) is 25.8 Å². The largest absolute Gasteiger partial charge is 0.497 e. The molecule has 6 nitrogen and oxygen atoms in total. The van der Waals surface area contributed by atoms with Gasteiger partial charge in [0.05, 0.1) is 13.7 Å². The highest BCUT2D eigenvalue weighted by atomic mass is 16.5. The first kappa shape index (κ1) is 18.2. The van der Waals surface area contributed by atoms with Gasteiger partial charge >= 0.3 is 0 Å². The molecule has 1 aromatic carbocycles. The van der Waals surface area contributed by atoms with Crippen LogP contribution < -0.4 is 10.3 Å². The Bertz CT molecular complexity index is 1160. The van der Waals surface area contributed by atoms with Crippen LogP contribution in [0.1, 0.15) is 34.1 Å². The SMILES string of the molecule is COc1ccc2[nH]c(C)c(C(=O)CN3CC4CC(C3)c3cccc(=O)n3C4)c2c1. The number of nitrogens with zero attached hydrogens (tertiary/aromatic N) is 2. The number of carbonyl (C=O) groups excluding carboxylic acids is 1. The smallest absolute Gasteiger partial charge is 0.250 e. The minimum Gasteiger partial charge on any atom is -0.497 e. The maximum absolute atomic E-state index is 13.3. The Morgan fingerprint density at radius 3 is 2.90 bits per heavy atom. The number of benzene rings is 1. The summed E-state index contributed by atoms with van der Waals surface area (Å²) >= 11 is 0. The maximum atomic E-state index is 13.3. The third-order valence-electron chi connectivity index (χ3n) is 6.39. The number of carbonyl (C=O) groups is 1. The van der Waals surface area contributed by atoms with Crippen LogP contribution in [0.4, 0.5) is 0 Å². The summed E-state index contributed by atoms with van der Waals surface area (Å²) in [7, 11) is 1.64. The van der Waals surface area contributed by atoms with Crippen LogP contribution in [0, 0.1) is 12.8 Å². The molecule has 2 aliphatic rings. The monoisotopic (exact) mass is 391 g/mol. The molecule has 0 radical (unpaired) electrons. The van der Waals surface area contributed by atoms with Crippen molar-refractivity contribution in [1.29, 1.82) is 0 Å². The van der Waals surface area contributed by atoms with Crippen LogP contribution in [-0.2, 0) is 6.54 Å². The van der Waals surface area contributed by atoms with Gasteiger partial charge in [0, 0.05) is 59.5 Å². The van der Waals surface area contributed by atoms with Gasteiger partial charge in [0.25, 0.3) is 5.56 Å². The second-order valence-electron chi connectivity index (χ2n) is 8.35. The van der Waals surface area contributed by atoms with Crippen LogP contribution in [0.15, 0.2) is 41.2 Å². The zero-order valence-corrected chi connectivity index (χ0v) is 16.8. The molecular weight excluding hydrogens is 366 g/mol. The van der Waals surface area contributed by atoms with Gasteiger partial charge in [-0.25, -0.2) is 0 Å². The van der Waals surface area contributed by atoms with E-state index >= 15 is 0 Å². The van der Waals surface area contributed by atoms with E-state index in [4.69, 9.17) is 4.74 Å². The number of aryl methyl sites for hydroxylation is 1. The molecule has 5 rings (SSSR count). The standard InChI is InChI=1S/C23H25N3O3/c1-14-23(18-9-17(29-2)6-7-19(18)24-14)21(27)13-25-10-15-8-16(12-25)20-4-3-5-22(28)26(20)11-15/h3-7,9,15-16,24H,8,10-13H2,1-2H3. The van der Waals surface area contributed by atoms with E-state index in [1.54, 1.807) is 13.2 Å². The third kappa shape index (κ3) is 3.08. The Hall–Kier alpha value is -2.86. The van der Waals surface area contributed by atoms with E-state index in [1.807, 2.05) is 35.8 Å². The van der Waals surface area contributed by atoms with Gasteiger partial charge in [-0.1, -0.05) is 6.07 Å². The second kappa shape index (κ2) is 6.88. The first-order chi connectivity index (χ1) is 14.0. The number of methoxy groups -OCH3 is 1. The molecule has 2 unspecified atom stereocenters. The number of fused-ring (bicyclic) bond motifs is 5. The van der Waals surface area contributed by atoms with Crippen LogP contribution in [0.25, 0.3) is 10.9 Å². The Kier molecular flexibility index (Phi) is 4.32. The van der Waals surface area contributed by atoms with Gasteiger partial charge < -0.3 is 14.3 Å². The van der Waals surface area contributed by atoms with Gasteiger partial charge in [-0.3, -0.25) is 14.5 Å². The normalized spacial score (nSPS) is 21.2. The lowest BCUT2D eigenvalue weighted by Crippen LogP contribution is -2.48. The fraction of sp³-hybridized carbons (Fsp3) is 0.391. The number of aromatic nitrogens is 2. The first-order valence-electron chi connectivity index (χ1n) is 10.1. The van der Waals surface area contributed by atoms with Gasteiger partial charge in [0.2, 0.25) is 0 Å².